The molecule has 15 heavy (non-hydrogen) atoms. The van der Waals surface area contributed by atoms with Crippen LogP contribution in [-0.2, 0) is 6.42 Å². The number of nitrogens with two attached hydrogens (primary N) is 1. The molecule has 3 heteroatoms. The number of aromatic amines is 1. The molecule has 2 atom stereocenters. The maximum absolute atomic E-state index is 9.36. The average Bonchev–Trinajstić information content (AvgIpc) is 2.62. The van der Waals surface area contributed by atoms with Gasteiger partial charge in [0.05, 0.1) is 6.10 Å². The van der Waals surface area contributed by atoms with Gasteiger partial charge in [-0.1, -0.05) is 18.2 Å². The third-order valence-corrected chi connectivity index (χ3v) is 2.75. The molecule has 1 heterocycles. The number of benzene rings is 1. The third kappa shape index (κ3) is 2.03. The highest BCUT2D eigenvalue weighted by atomic mass is 16.3. The number of aromatic nitrogens is 1. The Kier molecular flexibility index (Phi) is 2.75. The van der Waals surface area contributed by atoms with Crippen LogP contribution in [0.15, 0.2) is 30.5 Å². The van der Waals surface area contributed by atoms with Crippen LogP contribution < -0.4 is 5.73 Å². The predicted octanol–water partition coefficient (Wildman–Crippen LogP) is 1.42. The summed E-state index contributed by atoms with van der Waals surface area (Å²) >= 11 is 0. The molecule has 0 fully saturated rings. The number of aliphatic hydroxyl groups is 1. The number of fused-ring (bicyclic) bond motifs is 1. The summed E-state index contributed by atoms with van der Waals surface area (Å²) < 4.78 is 0. The van der Waals surface area contributed by atoms with Crippen LogP contribution >= 0.6 is 0 Å². The van der Waals surface area contributed by atoms with Crippen molar-refractivity contribution in [1.82, 2.24) is 4.98 Å². The van der Waals surface area contributed by atoms with E-state index < -0.39 is 6.10 Å². The van der Waals surface area contributed by atoms with Gasteiger partial charge >= 0.3 is 0 Å². The van der Waals surface area contributed by atoms with Gasteiger partial charge in [0.1, 0.15) is 0 Å². The molecule has 0 aliphatic carbocycles. The van der Waals surface area contributed by atoms with E-state index in [0.717, 1.165) is 5.52 Å². The summed E-state index contributed by atoms with van der Waals surface area (Å²) in [6.07, 6.45) is 2.19. The number of nitrogens with one attached hydrogen (secondary N) is 1. The average molecular weight is 204 g/mol. The summed E-state index contributed by atoms with van der Waals surface area (Å²) in [5.41, 5.74) is 8.12. The summed E-state index contributed by atoms with van der Waals surface area (Å²) in [5, 5.41) is 10.5. The first-order valence-electron chi connectivity index (χ1n) is 5.17. The number of rotatable bonds is 3. The van der Waals surface area contributed by atoms with Crippen LogP contribution in [0.5, 0.6) is 0 Å². The van der Waals surface area contributed by atoms with Gasteiger partial charge in [0, 0.05) is 23.1 Å². The first-order valence-corrected chi connectivity index (χ1v) is 5.17. The lowest BCUT2D eigenvalue weighted by molar-refractivity contribution is 0.163. The van der Waals surface area contributed by atoms with Gasteiger partial charge in [0.25, 0.3) is 0 Å². The molecule has 4 N–H and O–H groups in total. The zero-order valence-corrected chi connectivity index (χ0v) is 8.77. The molecule has 1 aromatic carbocycles. The molecule has 0 amide bonds. The highest BCUT2D eigenvalue weighted by Gasteiger charge is 2.12. The van der Waals surface area contributed by atoms with E-state index in [1.807, 2.05) is 24.4 Å². The predicted molar refractivity (Wildman–Crippen MR) is 61.7 cm³/mol. The summed E-state index contributed by atoms with van der Waals surface area (Å²) in [5.74, 6) is 0. The highest BCUT2D eigenvalue weighted by Crippen LogP contribution is 2.19. The van der Waals surface area contributed by atoms with Crippen molar-refractivity contribution < 1.29 is 5.11 Å². The topological polar surface area (TPSA) is 62.0 Å². The van der Waals surface area contributed by atoms with Crippen LogP contribution in [0.25, 0.3) is 10.9 Å². The Morgan fingerprint density at radius 3 is 2.87 bits per heavy atom. The Balaban J connectivity index is 2.29. The zero-order valence-electron chi connectivity index (χ0n) is 8.77. The first-order chi connectivity index (χ1) is 7.18. The van der Waals surface area contributed by atoms with Gasteiger partial charge in [0.2, 0.25) is 0 Å². The smallest absolute Gasteiger partial charge is 0.0666 e. The summed E-state index contributed by atoms with van der Waals surface area (Å²) in [4.78, 5) is 3.20. The molecule has 80 valence electrons. The molecule has 1 aromatic heterocycles. The lowest BCUT2D eigenvalue weighted by Crippen LogP contribution is -2.34. The van der Waals surface area contributed by atoms with Crippen LogP contribution in [0, 0.1) is 0 Å². The lowest BCUT2D eigenvalue weighted by atomic mass is 10.0. The molecule has 0 spiro atoms. The van der Waals surface area contributed by atoms with Gasteiger partial charge in [-0.25, -0.2) is 0 Å². The van der Waals surface area contributed by atoms with Crippen molar-refractivity contribution in [3.63, 3.8) is 0 Å². The molecule has 2 unspecified atom stereocenters. The summed E-state index contributed by atoms with van der Waals surface area (Å²) in [7, 11) is 0. The Labute approximate surface area is 88.9 Å². The van der Waals surface area contributed by atoms with E-state index >= 15 is 0 Å². The quantitative estimate of drug-likeness (QED) is 0.708. The van der Waals surface area contributed by atoms with Crippen molar-refractivity contribution in [1.29, 1.82) is 0 Å². The maximum atomic E-state index is 9.36. The zero-order chi connectivity index (χ0) is 10.8. The highest BCUT2D eigenvalue weighted by molar-refractivity contribution is 5.83. The van der Waals surface area contributed by atoms with E-state index in [0.29, 0.717) is 6.42 Å². The van der Waals surface area contributed by atoms with Crippen LogP contribution in [-0.4, -0.2) is 22.2 Å². The second kappa shape index (κ2) is 4.04. The molecule has 0 aliphatic rings. The van der Waals surface area contributed by atoms with Gasteiger partial charge in [-0.05, 0) is 25.0 Å². The van der Waals surface area contributed by atoms with Crippen molar-refractivity contribution in [3.05, 3.63) is 36.0 Å². The van der Waals surface area contributed by atoms with Crippen LogP contribution in [0.2, 0.25) is 0 Å². The third-order valence-electron chi connectivity index (χ3n) is 2.75. The van der Waals surface area contributed by atoms with E-state index in [4.69, 9.17) is 5.73 Å². The van der Waals surface area contributed by atoms with Gasteiger partial charge in [-0.15, -0.1) is 0 Å². The van der Waals surface area contributed by atoms with Crippen molar-refractivity contribution in [3.8, 4) is 0 Å². The maximum Gasteiger partial charge on any atom is 0.0666 e. The standard InChI is InChI=1S/C12H16N2O/c1-8(15)11(13)6-9-7-14-12-5-3-2-4-10(9)12/h2-5,7-8,11,14-15H,6,13H2,1H3. The second-order valence-electron chi connectivity index (χ2n) is 3.97. The fourth-order valence-electron chi connectivity index (χ4n) is 1.72. The SMILES string of the molecule is CC(O)C(N)Cc1c[nH]c2ccccc12. The minimum absolute atomic E-state index is 0.204. The van der Waals surface area contributed by atoms with E-state index in [9.17, 15) is 5.11 Å². The molecule has 3 nitrogen and oxygen atoms in total. The Bertz CT molecular complexity index is 448. The van der Waals surface area contributed by atoms with Gasteiger partial charge in [-0.2, -0.15) is 0 Å². The van der Waals surface area contributed by atoms with Crippen LogP contribution in [0.4, 0.5) is 0 Å². The molecular formula is C12H16N2O. The molecule has 0 aliphatic heterocycles. The van der Waals surface area contributed by atoms with Crippen molar-refractivity contribution >= 4 is 10.9 Å². The molecule has 0 radical (unpaired) electrons. The largest absolute Gasteiger partial charge is 0.392 e. The number of aliphatic hydroxyl groups excluding tert-OH is 1. The van der Waals surface area contributed by atoms with Crippen molar-refractivity contribution in [2.75, 3.05) is 0 Å². The Morgan fingerprint density at radius 1 is 1.40 bits per heavy atom. The van der Waals surface area contributed by atoms with E-state index in [1.54, 1.807) is 6.92 Å². The lowest BCUT2D eigenvalue weighted by Gasteiger charge is -2.13. The number of hydrogen-bond acceptors (Lipinski definition) is 2. The normalized spacial score (nSPS) is 15.4. The Morgan fingerprint density at radius 2 is 2.13 bits per heavy atom. The van der Waals surface area contributed by atoms with E-state index in [1.165, 1.54) is 10.9 Å². The summed E-state index contributed by atoms with van der Waals surface area (Å²) in [6.45, 7) is 1.72. The van der Waals surface area contributed by atoms with Gasteiger partial charge in [0.15, 0.2) is 0 Å². The first kappa shape index (κ1) is 10.2. The van der Waals surface area contributed by atoms with Crippen molar-refractivity contribution in [2.45, 2.75) is 25.5 Å². The molecular weight excluding hydrogens is 188 g/mol. The number of para-hydroxylation sites is 1. The number of hydrogen-bond donors (Lipinski definition) is 3. The number of H-pyrrole nitrogens is 1. The minimum atomic E-state index is -0.473. The molecule has 2 aromatic rings. The van der Waals surface area contributed by atoms with Gasteiger partial charge < -0.3 is 15.8 Å². The monoisotopic (exact) mass is 204 g/mol. The minimum Gasteiger partial charge on any atom is -0.392 e. The van der Waals surface area contributed by atoms with Crippen LogP contribution in [0.3, 0.4) is 0 Å². The Hall–Kier alpha value is -1.32. The van der Waals surface area contributed by atoms with Crippen LogP contribution in [0.1, 0.15) is 12.5 Å². The summed E-state index contributed by atoms with van der Waals surface area (Å²) in [6, 6.07) is 7.90. The fourth-order valence-corrected chi connectivity index (χ4v) is 1.72. The fraction of sp³-hybridized carbons (Fsp3) is 0.333. The molecule has 0 bridgehead atoms. The van der Waals surface area contributed by atoms with Crippen molar-refractivity contribution in [2.24, 2.45) is 5.73 Å². The molecule has 2 rings (SSSR count). The van der Waals surface area contributed by atoms with E-state index in [-0.39, 0.29) is 6.04 Å². The second-order valence-corrected chi connectivity index (χ2v) is 3.97. The van der Waals surface area contributed by atoms with Gasteiger partial charge in [-0.3, -0.25) is 0 Å². The molecule has 0 saturated heterocycles. The van der Waals surface area contributed by atoms with E-state index in [2.05, 4.69) is 11.1 Å². The molecule has 0 saturated carbocycles.